The summed E-state index contributed by atoms with van der Waals surface area (Å²) in [4.78, 5) is 0. The zero-order valence-corrected chi connectivity index (χ0v) is 14.0. The summed E-state index contributed by atoms with van der Waals surface area (Å²) in [6, 6.07) is 1.56. The lowest BCUT2D eigenvalue weighted by atomic mass is 10.0. The summed E-state index contributed by atoms with van der Waals surface area (Å²) in [6.07, 6.45) is 0.211. The van der Waals surface area contributed by atoms with Crippen LogP contribution >= 0.6 is 27.5 Å². The number of aryl methyl sites for hydroxylation is 2. The highest BCUT2D eigenvalue weighted by atomic mass is 79.9. The Morgan fingerprint density at radius 3 is 2.48 bits per heavy atom. The fourth-order valence-corrected chi connectivity index (χ4v) is 2.90. The van der Waals surface area contributed by atoms with Gasteiger partial charge in [0.15, 0.2) is 0 Å². The van der Waals surface area contributed by atoms with Crippen LogP contribution in [-0.2, 0) is 13.0 Å². The average molecular weight is 379 g/mol. The summed E-state index contributed by atoms with van der Waals surface area (Å²) in [7, 11) is 0. The minimum atomic E-state index is -0.836. The van der Waals surface area contributed by atoms with Crippen LogP contribution in [0.4, 0.5) is 8.78 Å². The molecule has 0 aliphatic rings. The molecule has 21 heavy (non-hydrogen) atoms. The number of nitrogens with two attached hydrogens (primary N) is 1. The molecule has 1 aromatic carbocycles. The van der Waals surface area contributed by atoms with Gasteiger partial charge in [-0.05, 0) is 26.0 Å². The molecule has 0 saturated carbocycles. The average Bonchev–Trinajstić information content (AvgIpc) is 2.65. The molecule has 1 unspecified atom stereocenters. The Hall–Kier alpha value is -0.980. The van der Waals surface area contributed by atoms with Gasteiger partial charge in [-0.1, -0.05) is 27.5 Å². The minimum Gasteiger partial charge on any atom is -0.323 e. The molecule has 2 aromatic rings. The summed E-state index contributed by atoms with van der Waals surface area (Å²) in [6.45, 7) is 4.31. The van der Waals surface area contributed by atoms with Crippen LogP contribution < -0.4 is 5.73 Å². The lowest BCUT2D eigenvalue weighted by Crippen LogP contribution is -2.19. The van der Waals surface area contributed by atoms with Gasteiger partial charge in [-0.3, -0.25) is 4.68 Å². The van der Waals surface area contributed by atoms with Crippen LogP contribution in [0, 0.1) is 18.6 Å². The second-order valence-electron chi connectivity index (χ2n) is 4.76. The van der Waals surface area contributed by atoms with E-state index in [4.69, 9.17) is 17.3 Å². The normalized spacial score (nSPS) is 12.7. The maximum absolute atomic E-state index is 13.9. The molecule has 3 nitrogen and oxygen atoms in total. The lowest BCUT2D eigenvalue weighted by Gasteiger charge is -2.15. The van der Waals surface area contributed by atoms with Gasteiger partial charge in [0.2, 0.25) is 0 Å². The predicted molar refractivity (Wildman–Crippen MR) is 82.3 cm³/mol. The molecule has 2 rings (SSSR count). The van der Waals surface area contributed by atoms with Gasteiger partial charge in [0.25, 0.3) is 0 Å². The zero-order chi connectivity index (χ0) is 15.7. The van der Waals surface area contributed by atoms with E-state index in [1.165, 1.54) is 12.1 Å². The third-order valence-electron chi connectivity index (χ3n) is 3.28. The van der Waals surface area contributed by atoms with Gasteiger partial charge in [0.05, 0.1) is 16.4 Å². The van der Waals surface area contributed by atoms with E-state index in [2.05, 4.69) is 21.0 Å². The van der Waals surface area contributed by atoms with Gasteiger partial charge in [-0.15, -0.1) is 0 Å². The maximum Gasteiger partial charge on any atom is 0.132 e. The molecule has 0 bridgehead atoms. The van der Waals surface area contributed by atoms with Gasteiger partial charge in [0, 0.05) is 29.0 Å². The smallest absolute Gasteiger partial charge is 0.132 e. The molecule has 7 heteroatoms. The van der Waals surface area contributed by atoms with Gasteiger partial charge in [0.1, 0.15) is 11.6 Å². The molecule has 114 valence electrons. The monoisotopic (exact) mass is 377 g/mol. The highest BCUT2D eigenvalue weighted by Gasteiger charge is 2.22. The van der Waals surface area contributed by atoms with Crippen molar-refractivity contribution < 1.29 is 8.78 Å². The Bertz CT molecular complexity index is 649. The van der Waals surface area contributed by atoms with Gasteiger partial charge in [-0.2, -0.15) is 5.10 Å². The first-order valence-electron chi connectivity index (χ1n) is 6.46. The molecule has 2 N–H and O–H groups in total. The highest BCUT2D eigenvalue weighted by molar-refractivity contribution is 9.10. The second kappa shape index (κ2) is 6.42. The number of halogens is 4. The van der Waals surface area contributed by atoms with Crippen molar-refractivity contribution in [2.24, 2.45) is 5.73 Å². The molecular weight excluding hydrogens is 364 g/mol. The number of rotatable bonds is 4. The van der Waals surface area contributed by atoms with E-state index < -0.39 is 17.7 Å². The van der Waals surface area contributed by atoms with Crippen LogP contribution in [0.5, 0.6) is 0 Å². The molecule has 1 heterocycles. The summed E-state index contributed by atoms with van der Waals surface area (Å²) in [5.74, 6) is -1.35. The Morgan fingerprint density at radius 1 is 1.38 bits per heavy atom. The molecule has 0 radical (unpaired) electrons. The van der Waals surface area contributed by atoms with Crippen LogP contribution in [-0.4, -0.2) is 9.78 Å². The standard InChI is InChI=1S/C14H15BrClF2N3/c1-3-21-12(14(16)7(2)20-21)6-11(19)13-9(17)4-8(15)5-10(13)18/h4-5,11H,3,6,19H2,1-2H3. The van der Waals surface area contributed by atoms with Gasteiger partial charge < -0.3 is 5.73 Å². The van der Waals surface area contributed by atoms with Crippen molar-refractivity contribution in [2.75, 3.05) is 0 Å². The molecule has 1 aromatic heterocycles. The first kappa shape index (κ1) is 16.4. The Balaban J connectivity index is 2.37. The molecule has 0 saturated heterocycles. The first-order chi connectivity index (χ1) is 9.85. The molecular formula is C14H15BrClF2N3. The van der Waals surface area contributed by atoms with Crippen molar-refractivity contribution in [1.82, 2.24) is 9.78 Å². The number of aromatic nitrogens is 2. The lowest BCUT2D eigenvalue weighted by molar-refractivity contribution is 0.512. The molecule has 1 atom stereocenters. The van der Waals surface area contributed by atoms with Crippen molar-refractivity contribution in [1.29, 1.82) is 0 Å². The minimum absolute atomic E-state index is 0.143. The van der Waals surface area contributed by atoms with Gasteiger partial charge in [-0.25, -0.2) is 8.78 Å². The Morgan fingerprint density at radius 2 is 1.95 bits per heavy atom. The number of benzene rings is 1. The van der Waals surface area contributed by atoms with Crippen molar-refractivity contribution in [3.8, 4) is 0 Å². The van der Waals surface area contributed by atoms with Crippen LogP contribution in [0.25, 0.3) is 0 Å². The van der Waals surface area contributed by atoms with E-state index in [0.717, 1.165) is 0 Å². The number of hydrogen-bond donors (Lipinski definition) is 1. The largest absolute Gasteiger partial charge is 0.323 e. The predicted octanol–water partition coefficient (Wildman–Crippen LogP) is 4.15. The number of nitrogens with zero attached hydrogens (tertiary/aromatic N) is 2. The number of hydrogen-bond acceptors (Lipinski definition) is 2. The van der Waals surface area contributed by atoms with E-state index in [-0.39, 0.29) is 12.0 Å². The summed E-state index contributed by atoms with van der Waals surface area (Å²) in [5, 5.41) is 4.76. The topological polar surface area (TPSA) is 43.8 Å². The SMILES string of the molecule is CCn1nc(C)c(Cl)c1CC(N)c1c(F)cc(Br)cc1F. The van der Waals surface area contributed by atoms with Crippen molar-refractivity contribution in [3.63, 3.8) is 0 Å². The van der Waals surface area contributed by atoms with E-state index >= 15 is 0 Å². The highest BCUT2D eigenvalue weighted by Crippen LogP contribution is 2.29. The Kier molecular flexibility index (Phi) is 5.01. The summed E-state index contributed by atoms with van der Waals surface area (Å²) < 4.78 is 29.9. The summed E-state index contributed by atoms with van der Waals surface area (Å²) in [5.41, 5.74) is 7.21. The molecule has 0 fully saturated rings. The summed E-state index contributed by atoms with van der Waals surface area (Å²) >= 11 is 9.24. The molecule has 0 aliphatic carbocycles. The van der Waals surface area contributed by atoms with E-state index in [1.54, 1.807) is 11.6 Å². The quantitative estimate of drug-likeness (QED) is 0.868. The maximum atomic E-state index is 13.9. The van der Waals surface area contributed by atoms with E-state index in [1.807, 2.05) is 6.92 Å². The third kappa shape index (κ3) is 3.27. The second-order valence-corrected chi connectivity index (χ2v) is 6.05. The first-order valence-corrected chi connectivity index (χ1v) is 7.64. The van der Waals surface area contributed by atoms with Crippen LogP contribution in [0.1, 0.15) is 29.9 Å². The molecule has 0 aliphatic heterocycles. The van der Waals surface area contributed by atoms with Crippen LogP contribution in [0.15, 0.2) is 16.6 Å². The zero-order valence-electron chi connectivity index (χ0n) is 11.6. The fraction of sp³-hybridized carbons (Fsp3) is 0.357. The Labute approximate surface area is 135 Å². The van der Waals surface area contributed by atoms with E-state index in [9.17, 15) is 8.78 Å². The molecule has 0 amide bonds. The van der Waals surface area contributed by atoms with Gasteiger partial charge >= 0.3 is 0 Å². The fourth-order valence-electron chi connectivity index (χ4n) is 2.28. The van der Waals surface area contributed by atoms with Crippen LogP contribution in [0.3, 0.4) is 0 Å². The third-order valence-corrected chi connectivity index (χ3v) is 4.23. The van der Waals surface area contributed by atoms with E-state index in [0.29, 0.717) is 27.4 Å². The van der Waals surface area contributed by atoms with Crippen LogP contribution in [0.2, 0.25) is 5.02 Å². The molecule has 0 spiro atoms. The van der Waals surface area contributed by atoms with Crippen molar-refractivity contribution in [3.05, 3.63) is 50.2 Å². The van der Waals surface area contributed by atoms with Crippen molar-refractivity contribution in [2.45, 2.75) is 32.9 Å². The van der Waals surface area contributed by atoms with Crippen molar-refractivity contribution >= 4 is 27.5 Å².